The molecule has 3 rings (SSSR count). The number of piperazine rings is 1. The lowest BCUT2D eigenvalue weighted by atomic mass is 10.1. The number of amides is 1. The monoisotopic (exact) mass is 318 g/mol. The van der Waals surface area contributed by atoms with Gasteiger partial charge in [0.1, 0.15) is 5.82 Å². The summed E-state index contributed by atoms with van der Waals surface area (Å²) < 4.78 is 13.6. The molecule has 0 spiro atoms. The van der Waals surface area contributed by atoms with Gasteiger partial charge in [-0.25, -0.2) is 4.39 Å². The van der Waals surface area contributed by atoms with E-state index in [9.17, 15) is 9.18 Å². The van der Waals surface area contributed by atoms with E-state index in [1.807, 2.05) is 4.90 Å². The Kier molecular flexibility index (Phi) is 4.55. The number of carbonyl (C=O) groups is 1. The van der Waals surface area contributed by atoms with Gasteiger partial charge in [0, 0.05) is 43.2 Å². The van der Waals surface area contributed by atoms with Crippen LogP contribution in [0.15, 0.2) is 35.7 Å². The van der Waals surface area contributed by atoms with Crippen molar-refractivity contribution in [1.82, 2.24) is 9.80 Å². The van der Waals surface area contributed by atoms with Crippen LogP contribution in [0, 0.1) is 12.7 Å². The van der Waals surface area contributed by atoms with Crippen molar-refractivity contribution in [2.75, 3.05) is 26.2 Å². The van der Waals surface area contributed by atoms with Crippen molar-refractivity contribution in [3.8, 4) is 0 Å². The summed E-state index contributed by atoms with van der Waals surface area (Å²) >= 11 is 1.76. The molecule has 0 bridgehead atoms. The Hall–Kier alpha value is -1.72. The minimum absolute atomic E-state index is 0.0744. The van der Waals surface area contributed by atoms with Gasteiger partial charge in [0.2, 0.25) is 0 Å². The van der Waals surface area contributed by atoms with Crippen molar-refractivity contribution in [2.45, 2.75) is 13.5 Å². The topological polar surface area (TPSA) is 23.6 Å². The van der Waals surface area contributed by atoms with Gasteiger partial charge in [-0.15, -0.1) is 11.3 Å². The summed E-state index contributed by atoms with van der Waals surface area (Å²) in [5.41, 5.74) is 1.01. The third-order valence-corrected chi connectivity index (χ3v) is 4.90. The van der Waals surface area contributed by atoms with Gasteiger partial charge in [-0.3, -0.25) is 9.69 Å². The molecule has 0 unspecified atom stereocenters. The predicted octanol–water partition coefficient (Wildman–Crippen LogP) is 3.15. The molecule has 0 atom stereocenters. The van der Waals surface area contributed by atoms with Crippen LogP contribution in [0.2, 0.25) is 0 Å². The van der Waals surface area contributed by atoms with E-state index in [0.717, 1.165) is 19.6 Å². The number of nitrogens with zero attached hydrogens (tertiary/aromatic N) is 2. The number of thiophene rings is 1. The fourth-order valence-corrected chi connectivity index (χ4v) is 3.39. The summed E-state index contributed by atoms with van der Waals surface area (Å²) in [7, 11) is 0. The zero-order valence-electron chi connectivity index (χ0n) is 12.6. The van der Waals surface area contributed by atoms with Crippen LogP contribution in [-0.4, -0.2) is 41.9 Å². The highest BCUT2D eigenvalue weighted by Gasteiger charge is 2.22. The number of hydrogen-bond donors (Lipinski definition) is 0. The second kappa shape index (κ2) is 6.58. The van der Waals surface area contributed by atoms with Gasteiger partial charge in [0.05, 0.1) is 0 Å². The molecular weight excluding hydrogens is 299 g/mol. The number of halogens is 1. The number of rotatable bonds is 3. The van der Waals surface area contributed by atoms with Crippen LogP contribution in [0.4, 0.5) is 4.39 Å². The molecule has 22 heavy (non-hydrogen) atoms. The second-order valence-electron chi connectivity index (χ2n) is 5.61. The molecule has 0 radical (unpaired) electrons. The van der Waals surface area contributed by atoms with E-state index < -0.39 is 0 Å². The average molecular weight is 318 g/mol. The number of carbonyl (C=O) groups excluding carboxylic acids is 1. The van der Waals surface area contributed by atoms with Crippen LogP contribution >= 0.6 is 11.3 Å². The smallest absolute Gasteiger partial charge is 0.254 e. The average Bonchev–Trinajstić information content (AvgIpc) is 3.03. The summed E-state index contributed by atoms with van der Waals surface area (Å²) in [5, 5.41) is 2.08. The normalized spacial score (nSPS) is 16.0. The van der Waals surface area contributed by atoms with Crippen molar-refractivity contribution in [1.29, 1.82) is 0 Å². The Morgan fingerprint density at radius 3 is 2.64 bits per heavy atom. The first-order chi connectivity index (χ1) is 10.6. The standard InChI is InChI=1S/C17H19FN2OS/c1-13-4-5-14(11-16(13)18)17(21)20-8-6-19(7-9-20)12-15-3-2-10-22-15/h2-5,10-11H,6-9,12H2,1H3. The Morgan fingerprint density at radius 1 is 1.23 bits per heavy atom. The van der Waals surface area contributed by atoms with Crippen molar-refractivity contribution < 1.29 is 9.18 Å². The maximum absolute atomic E-state index is 13.6. The molecule has 2 aromatic rings. The first-order valence-corrected chi connectivity index (χ1v) is 8.31. The number of aryl methyl sites for hydroxylation is 1. The van der Waals surface area contributed by atoms with E-state index >= 15 is 0 Å². The van der Waals surface area contributed by atoms with Crippen LogP contribution in [0.5, 0.6) is 0 Å². The first-order valence-electron chi connectivity index (χ1n) is 7.43. The van der Waals surface area contributed by atoms with E-state index in [4.69, 9.17) is 0 Å². The zero-order valence-corrected chi connectivity index (χ0v) is 13.4. The largest absolute Gasteiger partial charge is 0.336 e. The van der Waals surface area contributed by atoms with E-state index in [1.165, 1.54) is 10.9 Å². The highest BCUT2D eigenvalue weighted by molar-refractivity contribution is 7.09. The quantitative estimate of drug-likeness (QED) is 0.868. The van der Waals surface area contributed by atoms with E-state index in [2.05, 4.69) is 22.4 Å². The molecular formula is C17H19FN2OS. The van der Waals surface area contributed by atoms with Gasteiger partial charge in [0.25, 0.3) is 5.91 Å². The molecule has 0 saturated carbocycles. The van der Waals surface area contributed by atoms with Gasteiger partial charge in [-0.1, -0.05) is 12.1 Å². The summed E-state index contributed by atoms with van der Waals surface area (Å²) in [6, 6.07) is 8.91. The second-order valence-corrected chi connectivity index (χ2v) is 6.64. The van der Waals surface area contributed by atoms with E-state index in [0.29, 0.717) is 24.2 Å². The molecule has 1 fully saturated rings. The molecule has 2 heterocycles. The molecule has 116 valence electrons. The molecule has 1 aliphatic rings. The molecule has 5 heteroatoms. The third kappa shape index (κ3) is 3.36. The summed E-state index contributed by atoms with van der Waals surface area (Å²) in [6.45, 7) is 5.75. The van der Waals surface area contributed by atoms with Gasteiger partial charge in [-0.2, -0.15) is 0 Å². The zero-order chi connectivity index (χ0) is 15.5. The highest BCUT2D eigenvalue weighted by atomic mass is 32.1. The minimum atomic E-state index is -0.317. The van der Waals surface area contributed by atoms with Crippen molar-refractivity contribution in [3.05, 3.63) is 57.5 Å². The van der Waals surface area contributed by atoms with E-state index in [1.54, 1.807) is 30.4 Å². The van der Waals surface area contributed by atoms with E-state index in [-0.39, 0.29) is 11.7 Å². The van der Waals surface area contributed by atoms with Crippen LogP contribution in [0.3, 0.4) is 0 Å². The first kappa shape index (κ1) is 15.2. The molecule has 1 aromatic carbocycles. The lowest BCUT2D eigenvalue weighted by Crippen LogP contribution is -2.48. The van der Waals surface area contributed by atoms with Crippen molar-refractivity contribution in [3.63, 3.8) is 0 Å². The molecule has 1 aliphatic heterocycles. The van der Waals surface area contributed by atoms with Crippen LogP contribution < -0.4 is 0 Å². The van der Waals surface area contributed by atoms with Crippen molar-refractivity contribution in [2.24, 2.45) is 0 Å². The molecule has 1 aromatic heterocycles. The molecule has 1 amide bonds. The van der Waals surface area contributed by atoms with Crippen LogP contribution in [-0.2, 0) is 6.54 Å². The molecule has 0 aliphatic carbocycles. The van der Waals surface area contributed by atoms with Gasteiger partial charge in [0.15, 0.2) is 0 Å². The lowest BCUT2D eigenvalue weighted by Gasteiger charge is -2.34. The Bertz CT molecular complexity index is 649. The number of benzene rings is 1. The summed E-state index contributed by atoms with van der Waals surface area (Å²) in [4.78, 5) is 17.9. The van der Waals surface area contributed by atoms with Crippen LogP contribution in [0.1, 0.15) is 20.8 Å². The summed E-state index contributed by atoms with van der Waals surface area (Å²) in [6.07, 6.45) is 0. The Morgan fingerprint density at radius 2 is 2.00 bits per heavy atom. The Balaban J connectivity index is 1.58. The summed E-state index contributed by atoms with van der Waals surface area (Å²) in [5.74, 6) is -0.392. The fraction of sp³-hybridized carbons (Fsp3) is 0.353. The molecule has 0 N–H and O–H groups in total. The van der Waals surface area contributed by atoms with Gasteiger partial charge < -0.3 is 4.90 Å². The van der Waals surface area contributed by atoms with Gasteiger partial charge in [-0.05, 0) is 36.1 Å². The van der Waals surface area contributed by atoms with Crippen LogP contribution in [0.25, 0.3) is 0 Å². The maximum Gasteiger partial charge on any atom is 0.254 e. The molecule has 3 nitrogen and oxygen atoms in total. The predicted molar refractivity (Wildman–Crippen MR) is 86.6 cm³/mol. The van der Waals surface area contributed by atoms with Gasteiger partial charge >= 0.3 is 0 Å². The maximum atomic E-state index is 13.6. The highest BCUT2D eigenvalue weighted by Crippen LogP contribution is 2.16. The van der Waals surface area contributed by atoms with Crippen molar-refractivity contribution >= 4 is 17.2 Å². The SMILES string of the molecule is Cc1ccc(C(=O)N2CCN(Cc3cccs3)CC2)cc1F. The number of hydrogen-bond acceptors (Lipinski definition) is 3. The molecule has 1 saturated heterocycles. The fourth-order valence-electron chi connectivity index (χ4n) is 2.64. The third-order valence-electron chi connectivity index (χ3n) is 4.04. The minimum Gasteiger partial charge on any atom is -0.336 e. The Labute approximate surface area is 134 Å². The lowest BCUT2D eigenvalue weighted by molar-refractivity contribution is 0.0629.